The van der Waals surface area contributed by atoms with Gasteiger partial charge in [-0.1, -0.05) is 12.1 Å². The number of fused-ring (bicyclic) bond motifs is 1. The molecule has 2 aliphatic heterocycles. The standard InChI is InChI=1S/C19H26N4O2/c1-22-10-8-15(9-11-22)20-18(24)14-6-12-23(13-7-14)19-21-16-4-2-3-5-17(16)25-19/h2-5,14-15H,6-13H2,1H3,(H,20,24). The van der Waals surface area contributed by atoms with Gasteiger partial charge in [-0.2, -0.15) is 4.98 Å². The number of nitrogens with one attached hydrogen (secondary N) is 1. The van der Waals surface area contributed by atoms with E-state index in [0.29, 0.717) is 12.1 Å². The van der Waals surface area contributed by atoms with Gasteiger partial charge in [-0.25, -0.2) is 0 Å². The summed E-state index contributed by atoms with van der Waals surface area (Å²) in [5.74, 6) is 0.340. The van der Waals surface area contributed by atoms with Crippen LogP contribution >= 0.6 is 0 Å². The summed E-state index contributed by atoms with van der Waals surface area (Å²) in [7, 11) is 2.14. The van der Waals surface area contributed by atoms with Crippen molar-refractivity contribution in [2.75, 3.05) is 38.1 Å². The highest BCUT2D eigenvalue weighted by Crippen LogP contribution is 2.26. The number of para-hydroxylation sites is 2. The van der Waals surface area contributed by atoms with Crippen molar-refractivity contribution in [1.82, 2.24) is 15.2 Å². The van der Waals surface area contributed by atoms with Crippen molar-refractivity contribution in [1.29, 1.82) is 0 Å². The third kappa shape index (κ3) is 3.63. The minimum atomic E-state index is 0.111. The third-order valence-electron chi connectivity index (χ3n) is 5.48. The number of likely N-dealkylation sites (tertiary alicyclic amines) is 1. The summed E-state index contributed by atoms with van der Waals surface area (Å²) in [6, 6.07) is 8.84. The average Bonchev–Trinajstić information content (AvgIpc) is 3.08. The van der Waals surface area contributed by atoms with Crippen LogP contribution in [0.1, 0.15) is 25.7 Å². The van der Waals surface area contributed by atoms with Gasteiger partial charge in [0.2, 0.25) is 5.91 Å². The number of nitrogens with zero attached hydrogens (tertiary/aromatic N) is 3. The number of aromatic nitrogens is 1. The van der Waals surface area contributed by atoms with Gasteiger partial charge < -0.3 is 19.5 Å². The van der Waals surface area contributed by atoms with E-state index < -0.39 is 0 Å². The Morgan fingerprint density at radius 1 is 1.12 bits per heavy atom. The van der Waals surface area contributed by atoms with Gasteiger partial charge in [0.05, 0.1) is 0 Å². The Morgan fingerprint density at radius 2 is 1.84 bits per heavy atom. The lowest BCUT2D eigenvalue weighted by Crippen LogP contribution is -2.47. The molecule has 0 radical (unpaired) electrons. The lowest BCUT2D eigenvalue weighted by atomic mass is 9.95. The molecule has 2 aromatic rings. The average molecular weight is 342 g/mol. The first kappa shape index (κ1) is 16.4. The first-order valence-electron chi connectivity index (χ1n) is 9.28. The predicted octanol–water partition coefficient (Wildman–Crippen LogP) is 2.25. The molecule has 0 bridgehead atoms. The summed E-state index contributed by atoms with van der Waals surface area (Å²) in [5, 5.41) is 3.26. The Hall–Kier alpha value is -2.08. The van der Waals surface area contributed by atoms with Crippen LogP contribution in [0.4, 0.5) is 6.01 Å². The molecule has 0 atom stereocenters. The fraction of sp³-hybridized carbons (Fsp3) is 0.579. The van der Waals surface area contributed by atoms with E-state index in [9.17, 15) is 4.79 Å². The molecule has 2 aliphatic rings. The van der Waals surface area contributed by atoms with Crippen LogP contribution in [0.2, 0.25) is 0 Å². The van der Waals surface area contributed by atoms with Crippen molar-refractivity contribution in [2.24, 2.45) is 5.92 Å². The summed E-state index contributed by atoms with van der Waals surface area (Å²) in [4.78, 5) is 21.6. The van der Waals surface area contributed by atoms with Crippen LogP contribution in [-0.2, 0) is 4.79 Å². The smallest absolute Gasteiger partial charge is 0.298 e. The van der Waals surface area contributed by atoms with Crippen LogP contribution in [0.3, 0.4) is 0 Å². The molecule has 4 rings (SSSR count). The molecule has 1 N–H and O–H groups in total. The Morgan fingerprint density at radius 3 is 2.56 bits per heavy atom. The molecule has 0 spiro atoms. The summed E-state index contributed by atoms with van der Waals surface area (Å²) in [6.45, 7) is 3.78. The summed E-state index contributed by atoms with van der Waals surface area (Å²) in [6.07, 6.45) is 3.84. The SMILES string of the molecule is CN1CCC(NC(=O)C2CCN(c3nc4ccccc4o3)CC2)CC1. The van der Waals surface area contributed by atoms with Crippen LogP contribution in [0.25, 0.3) is 11.1 Å². The number of amides is 1. The first-order chi connectivity index (χ1) is 12.2. The van der Waals surface area contributed by atoms with Crippen molar-refractivity contribution in [3.8, 4) is 0 Å². The minimum Gasteiger partial charge on any atom is -0.423 e. The molecular weight excluding hydrogens is 316 g/mol. The molecule has 1 amide bonds. The van der Waals surface area contributed by atoms with Crippen LogP contribution < -0.4 is 10.2 Å². The quantitative estimate of drug-likeness (QED) is 0.927. The predicted molar refractivity (Wildman–Crippen MR) is 97.6 cm³/mol. The highest BCUT2D eigenvalue weighted by Gasteiger charge is 2.29. The van der Waals surface area contributed by atoms with Gasteiger partial charge in [-0.05, 0) is 58.0 Å². The van der Waals surface area contributed by atoms with E-state index in [1.165, 1.54) is 0 Å². The first-order valence-corrected chi connectivity index (χ1v) is 9.28. The summed E-state index contributed by atoms with van der Waals surface area (Å²) < 4.78 is 5.84. The zero-order valence-corrected chi connectivity index (χ0v) is 14.8. The Kier molecular flexibility index (Phi) is 4.61. The maximum Gasteiger partial charge on any atom is 0.298 e. The lowest BCUT2D eigenvalue weighted by Gasteiger charge is -2.33. The maximum atomic E-state index is 12.5. The van der Waals surface area contributed by atoms with Crippen molar-refractivity contribution in [2.45, 2.75) is 31.7 Å². The largest absolute Gasteiger partial charge is 0.423 e. The molecule has 25 heavy (non-hydrogen) atoms. The fourth-order valence-corrected chi connectivity index (χ4v) is 3.80. The Bertz CT molecular complexity index is 695. The Balaban J connectivity index is 1.31. The van der Waals surface area contributed by atoms with E-state index in [-0.39, 0.29) is 11.8 Å². The normalized spacial score (nSPS) is 20.9. The van der Waals surface area contributed by atoms with Gasteiger partial charge in [0.15, 0.2) is 5.58 Å². The van der Waals surface area contributed by atoms with Gasteiger partial charge in [0.25, 0.3) is 6.01 Å². The molecule has 6 nitrogen and oxygen atoms in total. The second-order valence-corrected chi connectivity index (χ2v) is 7.31. The molecule has 1 aromatic heterocycles. The molecule has 2 fully saturated rings. The van der Waals surface area contributed by atoms with E-state index in [4.69, 9.17) is 4.42 Å². The highest BCUT2D eigenvalue weighted by molar-refractivity contribution is 5.79. The number of carbonyl (C=O) groups is 1. The zero-order valence-electron chi connectivity index (χ0n) is 14.8. The van der Waals surface area contributed by atoms with Gasteiger partial charge >= 0.3 is 0 Å². The minimum absolute atomic E-state index is 0.111. The number of anilines is 1. The van der Waals surface area contributed by atoms with Crippen molar-refractivity contribution >= 4 is 23.0 Å². The van der Waals surface area contributed by atoms with E-state index >= 15 is 0 Å². The van der Waals surface area contributed by atoms with E-state index in [1.807, 2.05) is 24.3 Å². The second-order valence-electron chi connectivity index (χ2n) is 7.31. The topological polar surface area (TPSA) is 61.6 Å². The number of hydrogen-bond acceptors (Lipinski definition) is 5. The van der Waals surface area contributed by atoms with Gasteiger partial charge in [0, 0.05) is 25.0 Å². The monoisotopic (exact) mass is 342 g/mol. The van der Waals surface area contributed by atoms with Crippen molar-refractivity contribution in [3.63, 3.8) is 0 Å². The summed E-state index contributed by atoms with van der Waals surface area (Å²) >= 11 is 0. The lowest BCUT2D eigenvalue weighted by molar-refractivity contribution is -0.126. The van der Waals surface area contributed by atoms with E-state index in [2.05, 4.69) is 27.1 Å². The molecule has 0 unspecified atom stereocenters. The highest BCUT2D eigenvalue weighted by atomic mass is 16.4. The number of carbonyl (C=O) groups excluding carboxylic acids is 1. The molecule has 0 saturated carbocycles. The van der Waals surface area contributed by atoms with Crippen LogP contribution in [0.15, 0.2) is 28.7 Å². The van der Waals surface area contributed by atoms with E-state index in [1.54, 1.807) is 0 Å². The number of rotatable bonds is 3. The molecular formula is C19H26N4O2. The van der Waals surface area contributed by atoms with E-state index in [0.717, 1.165) is 63.0 Å². The van der Waals surface area contributed by atoms with Gasteiger partial charge in [-0.3, -0.25) is 4.79 Å². The maximum absolute atomic E-state index is 12.5. The zero-order chi connectivity index (χ0) is 17.2. The van der Waals surface area contributed by atoms with Crippen LogP contribution in [0.5, 0.6) is 0 Å². The number of piperidine rings is 2. The third-order valence-corrected chi connectivity index (χ3v) is 5.48. The molecule has 1 aromatic carbocycles. The van der Waals surface area contributed by atoms with Crippen LogP contribution in [-0.4, -0.2) is 55.1 Å². The van der Waals surface area contributed by atoms with Crippen LogP contribution in [0, 0.1) is 5.92 Å². The van der Waals surface area contributed by atoms with Crippen molar-refractivity contribution in [3.05, 3.63) is 24.3 Å². The molecule has 0 aliphatic carbocycles. The molecule has 6 heteroatoms. The van der Waals surface area contributed by atoms with Gasteiger partial charge in [0.1, 0.15) is 5.52 Å². The molecule has 134 valence electrons. The second kappa shape index (κ2) is 7.04. The molecule has 2 saturated heterocycles. The Labute approximate surface area is 148 Å². The number of oxazole rings is 1. The molecule has 3 heterocycles. The van der Waals surface area contributed by atoms with Crippen molar-refractivity contribution < 1.29 is 9.21 Å². The number of hydrogen-bond donors (Lipinski definition) is 1. The summed E-state index contributed by atoms with van der Waals surface area (Å²) in [5.41, 5.74) is 1.71. The fourth-order valence-electron chi connectivity index (χ4n) is 3.80. The van der Waals surface area contributed by atoms with Gasteiger partial charge in [-0.15, -0.1) is 0 Å². The number of benzene rings is 1.